The third-order valence-corrected chi connectivity index (χ3v) is 7.00. The van der Waals surface area contributed by atoms with Crippen LogP contribution in [0.3, 0.4) is 0 Å². The van der Waals surface area contributed by atoms with Gasteiger partial charge in [0.15, 0.2) is 0 Å². The smallest absolute Gasteiger partial charge is 0.121 e. The Labute approximate surface area is 141 Å². The van der Waals surface area contributed by atoms with Gasteiger partial charge in [-0.2, -0.15) is 0 Å². The third-order valence-electron chi connectivity index (χ3n) is 7.00. The molecule has 0 aromatic heterocycles. The van der Waals surface area contributed by atoms with Crippen LogP contribution in [0.25, 0.3) is 0 Å². The first-order valence-electron chi connectivity index (χ1n) is 9.37. The van der Waals surface area contributed by atoms with Crippen molar-refractivity contribution in [3.8, 4) is 0 Å². The van der Waals surface area contributed by atoms with Crippen molar-refractivity contribution in [2.75, 3.05) is 0 Å². The lowest BCUT2D eigenvalue weighted by molar-refractivity contribution is -0.433. The maximum Gasteiger partial charge on any atom is 0.121 e. The molecule has 3 heteroatoms. The van der Waals surface area contributed by atoms with E-state index in [4.69, 9.17) is 9.78 Å². The molecule has 3 nitrogen and oxygen atoms in total. The number of aliphatic hydroxyl groups is 1. The Morgan fingerprint density at radius 1 is 1.13 bits per heavy atom. The quantitative estimate of drug-likeness (QED) is 0.587. The average molecular weight is 322 g/mol. The molecule has 3 rings (SSSR count). The van der Waals surface area contributed by atoms with Gasteiger partial charge in [-0.3, -0.25) is 0 Å². The van der Waals surface area contributed by atoms with Gasteiger partial charge in [0.2, 0.25) is 0 Å². The van der Waals surface area contributed by atoms with Crippen LogP contribution in [-0.2, 0) is 9.78 Å². The fourth-order valence-electron chi connectivity index (χ4n) is 5.18. The van der Waals surface area contributed by atoms with Crippen LogP contribution >= 0.6 is 0 Å². The van der Waals surface area contributed by atoms with Crippen molar-refractivity contribution in [1.82, 2.24) is 0 Å². The largest absolute Gasteiger partial charge is 0.388 e. The minimum atomic E-state index is -0.838. The van der Waals surface area contributed by atoms with Gasteiger partial charge in [-0.15, -0.1) is 0 Å². The second-order valence-corrected chi connectivity index (χ2v) is 9.37. The molecule has 0 radical (unpaired) electrons. The van der Waals surface area contributed by atoms with Crippen LogP contribution < -0.4 is 0 Å². The van der Waals surface area contributed by atoms with Crippen LogP contribution in [0.4, 0.5) is 0 Å². The molecule has 0 aromatic carbocycles. The maximum atomic E-state index is 10.2. The van der Waals surface area contributed by atoms with Crippen LogP contribution in [0.5, 0.6) is 0 Å². The summed E-state index contributed by atoms with van der Waals surface area (Å²) in [6, 6.07) is 0. The van der Waals surface area contributed by atoms with Gasteiger partial charge >= 0.3 is 0 Å². The van der Waals surface area contributed by atoms with Gasteiger partial charge in [0.25, 0.3) is 0 Å². The van der Waals surface area contributed by atoms with Crippen molar-refractivity contribution in [3.63, 3.8) is 0 Å². The van der Waals surface area contributed by atoms with E-state index in [0.717, 1.165) is 12.8 Å². The highest BCUT2D eigenvalue weighted by molar-refractivity contribution is 5.11. The van der Waals surface area contributed by atoms with Crippen molar-refractivity contribution in [3.05, 3.63) is 11.6 Å². The zero-order valence-electron chi connectivity index (χ0n) is 15.5. The highest BCUT2D eigenvalue weighted by atomic mass is 17.2. The summed E-state index contributed by atoms with van der Waals surface area (Å²) in [5, 5.41) is 10.2. The van der Waals surface area contributed by atoms with E-state index in [1.54, 1.807) is 19.4 Å². The first-order valence-corrected chi connectivity index (χ1v) is 9.37. The van der Waals surface area contributed by atoms with E-state index in [2.05, 4.69) is 26.8 Å². The summed E-state index contributed by atoms with van der Waals surface area (Å²) >= 11 is 0. The first-order chi connectivity index (χ1) is 10.6. The molecule has 1 heterocycles. The van der Waals surface area contributed by atoms with E-state index in [1.807, 2.05) is 0 Å². The number of hydrogen-bond donors (Lipinski definition) is 1. The molecule has 2 aliphatic carbocycles. The molecule has 2 fully saturated rings. The number of allylic oxidation sites excluding steroid dienone is 2. The van der Waals surface area contributed by atoms with Crippen molar-refractivity contribution in [2.45, 2.75) is 96.9 Å². The highest BCUT2D eigenvalue weighted by Crippen LogP contribution is 2.58. The Bertz CT molecular complexity index is 468. The Morgan fingerprint density at radius 2 is 1.87 bits per heavy atom. The molecule has 0 aromatic rings. The SMILES string of the molecule is CC1=CC[C@@]2(C)CC[C@@H]([C@]3(C)CC[C@H](C(C)(C)O)OO3)[C@@H]2CC1. The maximum absolute atomic E-state index is 10.2. The minimum Gasteiger partial charge on any atom is -0.388 e. The molecule has 0 unspecified atom stereocenters. The molecule has 1 N–H and O–H groups in total. The summed E-state index contributed by atoms with van der Waals surface area (Å²) in [7, 11) is 0. The summed E-state index contributed by atoms with van der Waals surface area (Å²) in [5.74, 6) is 1.28. The van der Waals surface area contributed by atoms with E-state index in [-0.39, 0.29) is 11.7 Å². The average Bonchev–Trinajstić information content (AvgIpc) is 2.73. The Balaban J connectivity index is 1.73. The second kappa shape index (κ2) is 5.86. The lowest BCUT2D eigenvalue weighted by Crippen LogP contribution is -2.50. The summed E-state index contributed by atoms with van der Waals surface area (Å²) < 4.78 is 0. The lowest BCUT2D eigenvalue weighted by atomic mass is 9.68. The first kappa shape index (κ1) is 17.4. The summed E-state index contributed by atoms with van der Waals surface area (Å²) in [4.78, 5) is 11.6. The van der Waals surface area contributed by atoms with Gasteiger partial charge in [0.1, 0.15) is 11.7 Å². The number of rotatable bonds is 2. The Morgan fingerprint density at radius 3 is 2.48 bits per heavy atom. The molecule has 1 saturated heterocycles. The summed E-state index contributed by atoms with van der Waals surface area (Å²) in [6.07, 6.45) is 10.3. The van der Waals surface area contributed by atoms with Gasteiger partial charge in [-0.05, 0) is 89.9 Å². The number of hydrogen-bond acceptors (Lipinski definition) is 3. The van der Waals surface area contributed by atoms with Crippen LogP contribution in [-0.4, -0.2) is 22.4 Å². The van der Waals surface area contributed by atoms with Crippen molar-refractivity contribution in [2.24, 2.45) is 17.3 Å². The minimum absolute atomic E-state index is 0.206. The van der Waals surface area contributed by atoms with Gasteiger partial charge in [0.05, 0.1) is 5.60 Å². The molecule has 5 atom stereocenters. The standard InChI is InChI=1S/C20H34O3/c1-14-6-7-15-16(9-12-19(15,4)11-8-14)20(5)13-10-17(22-23-20)18(2,3)21/h8,15-17,21H,6-7,9-13H2,1-5H3/t15-,16+,17+,19-,20-/m0/s1. The van der Waals surface area contributed by atoms with Crippen LogP contribution in [0.1, 0.15) is 79.6 Å². The van der Waals surface area contributed by atoms with Crippen molar-refractivity contribution >= 4 is 0 Å². The number of fused-ring (bicyclic) bond motifs is 1. The van der Waals surface area contributed by atoms with E-state index in [0.29, 0.717) is 17.3 Å². The molecule has 0 amide bonds. The van der Waals surface area contributed by atoms with Gasteiger partial charge < -0.3 is 5.11 Å². The molecular formula is C20H34O3. The van der Waals surface area contributed by atoms with Crippen LogP contribution in [0.15, 0.2) is 11.6 Å². The molecule has 23 heavy (non-hydrogen) atoms. The molecular weight excluding hydrogens is 288 g/mol. The highest BCUT2D eigenvalue weighted by Gasteiger charge is 2.54. The molecule has 132 valence electrons. The fourth-order valence-corrected chi connectivity index (χ4v) is 5.18. The van der Waals surface area contributed by atoms with E-state index >= 15 is 0 Å². The van der Waals surface area contributed by atoms with Gasteiger partial charge in [-0.1, -0.05) is 18.6 Å². The topological polar surface area (TPSA) is 38.7 Å². The van der Waals surface area contributed by atoms with Gasteiger partial charge in [-0.25, -0.2) is 9.78 Å². The van der Waals surface area contributed by atoms with E-state index in [1.165, 1.54) is 32.1 Å². The second-order valence-electron chi connectivity index (χ2n) is 9.37. The molecule has 1 aliphatic heterocycles. The monoisotopic (exact) mass is 322 g/mol. The van der Waals surface area contributed by atoms with Gasteiger partial charge in [0, 0.05) is 0 Å². The van der Waals surface area contributed by atoms with Crippen LogP contribution in [0.2, 0.25) is 0 Å². The summed E-state index contributed by atoms with van der Waals surface area (Å²) in [5.41, 5.74) is 0.923. The predicted octanol–water partition coefficient (Wildman–Crippen LogP) is 4.79. The lowest BCUT2D eigenvalue weighted by Gasteiger charge is -2.46. The zero-order chi connectivity index (χ0) is 16.9. The fraction of sp³-hybridized carbons (Fsp3) is 0.900. The summed E-state index contributed by atoms with van der Waals surface area (Å²) in [6.45, 7) is 10.6. The zero-order valence-corrected chi connectivity index (χ0v) is 15.5. The molecule has 1 saturated carbocycles. The van der Waals surface area contributed by atoms with Crippen molar-refractivity contribution in [1.29, 1.82) is 0 Å². The Hall–Kier alpha value is -0.380. The van der Waals surface area contributed by atoms with Crippen LogP contribution in [0, 0.1) is 17.3 Å². The van der Waals surface area contributed by atoms with E-state index < -0.39 is 5.60 Å². The molecule has 0 spiro atoms. The normalized spacial score (nSPS) is 45.3. The Kier molecular flexibility index (Phi) is 4.44. The predicted molar refractivity (Wildman–Crippen MR) is 91.8 cm³/mol. The van der Waals surface area contributed by atoms with E-state index in [9.17, 15) is 5.11 Å². The molecule has 0 bridgehead atoms. The van der Waals surface area contributed by atoms with Crippen molar-refractivity contribution < 1.29 is 14.9 Å². The third kappa shape index (κ3) is 3.25. The molecule has 3 aliphatic rings.